The van der Waals surface area contributed by atoms with Crippen molar-refractivity contribution in [3.05, 3.63) is 37.0 Å². The predicted molar refractivity (Wildman–Crippen MR) is 56.5 cm³/mol. The van der Waals surface area contributed by atoms with Crippen LogP contribution in [0.3, 0.4) is 0 Å². The average molecular weight is 198 g/mol. The number of aliphatic hydroxyl groups is 1. The molecular formula is C11H18O3. The van der Waals surface area contributed by atoms with Gasteiger partial charge in [0.05, 0.1) is 30.5 Å². The average Bonchev–Trinajstić information content (AvgIpc) is 2.03. The van der Waals surface area contributed by atoms with Gasteiger partial charge in [-0.1, -0.05) is 19.7 Å². The van der Waals surface area contributed by atoms with E-state index in [1.54, 1.807) is 6.92 Å². The Morgan fingerprint density at radius 1 is 1.14 bits per heavy atom. The van der Waals surface area contributed by atoms with Crippen LogP contribution in [0, 0.1) is 0 Å². The molecule has 0 aromatic carbocycles. The summed E-state index contributed by atoms with van der Waals surface area (Å²) in [6, 6.07) is 0. The van der Waals surface area contributed by atoms with Gasteiger partial charge in [0.1, 0.15) is 0 Å². The van der Waals surface area contributed by atoms with E-state index in [4.69, 9.17) is 14.6 Å². The molecule has 14 heavy (non-hydrogen) atoms. The van der Waals surface area contributed by atoms with Gasteiger partial charge < -0.3 is 14.6 Å². The van der Waals surface area contributed by atoms with E-state index in [0.29, 0.717) is 36.7 Å². The van der Waals surface area contributed by atoms with E-state index >= 15 is 0 Å². The molecule has 0 aromatic heterocycles. The molecule has 0 saturated carbocycles. The van der Waals surface area contributed by atoms with Crippen LogP contribution in [0.5, 0.6) is 0 Å². The number of rotatable bonds is 8. The maximum Gasteiger partial charge on any atom is 0.0998 e. The van der Waals surface area contributed by atoms with Crippen molar-refractivity contribution < 1.29 is 14.6 Å². The van der Waals surface area contributed by atoms with Gasteiger partial charge in [-0.25, -0.2) is 0 Å². The number of ether oxygens (including phenoxy) is 2. The van der Waals surface area contributed by atoms with Gasteiger partial charge >= 0.3 is 0 Å². The Balaban J connectivity index is 3.55. The first-order chi connectivity index (χ1) is 6.56. The van der Waals surface area contributed by atoms with Gasteiger partial charge in [-0.3, -0.25) is 0 Å². The topological polar surface area (TPSA) is 38.7 Å². The minimum Gasteiger partial charge on any atom is -0.498 e. The Morgan fingerprint density at radius 2 is 1.71 bits per heavy atom. The molecule has 0 fully saturated rings. The van der Waals surface area contributed by atoms with Gasteiger partial charge in [0.25, 0.3) is 0 Å². The van der Waals surface area contributed by atoms with Gasteiger partial charge in [-0.15, -0.1) is 0 Å². The van der Waals surface area contributed by atoms with Crippen LogP contribution >= 0.6 is 0 Å². The first kappa shape index (κ1) is 12.8. The number of hydrogen-bond acceptors (Lipinski definition) is 3. The molecule has 1 N–H and O–H groups in total. The van der Waals surface area contributed by atoms with Crippen molar-refractivity contribution in [2.24, 2.45) is 0 Å². The Bertz CT molecular complexity index is 219. The van der Waals surface area contributed by atoms with Crippen LogP contribution in [0.2, 0.25) is 0 Å². The minimum absolute atomic E-state index is 0.0361. The lowest BCUT2D eigenvalue weighted by atomic mass is 10.3. The monoisotopic (exact) mass is 198 g/mol. The van der Waals surface area contributed by atoms with Crippen molar-refractivity contribution in [3.8, 4) is 0 Å². The molecule has 0 aromatic rings. The van der Waals surface area contributed by atoms with Crippen LogP contribution in [0.15, 0.2) is 37.0 Å². The van der Waals surface area contributed by atoms with Crippen molar-refractivity contribution in [2.75, 3.05) is 13.2 Å². The molecule has 0 aliphatic rings. The molecular weight excluding hydrogens is 180 g/mol. The molecule has 0 amide bonds. The fourth-order valence-electron chi connectivity index (χ4n) is 0.770. The fourth-order valence-corrected chi connectivity index (χ4v) is 0.770. The Morgan fingerprint density at radius 3 is 2.21 bits per heavy atom. The molecule has 0 bridgehead atoms. The molecule has 0 aliphatic carbocycles. The van der Waals surface area contributed by atoms with E-state index in [-0.39, 0.29) is 6.61 Å². The molecule has 0 heterocycles. The smallest absolute Gasteiger partial charge is 0.0998 e. The standard InChI is InChI=1S/C11H18O3/c1-9(2)13-8-6-11(4)14-10(3)5-7-12/h12H,1,3-8H2,2H3. The predicted octanol–water partition coefficient (Wildman–Crippen LogP) is 2.35. The van der Waals surface area contributed by atoms with E-state index in [1.165, 1.54) is 0 Å². The summed E-state index contributed by atoms with van der Waals surface area (Å²) in [5.74, 6) is 1.78. The lowest BCUT2D eigenvalue weighted by Crippen LogP contribution is -1.98. The highest BCUT2D eigenvalue weighted by Gasteiger charge is 1.99. The SMILES string of the molecule is C=C(C)OCCC(=C)OC(=C)CCO. The lowest BCUT2D eigenvalue weighted by Gasteiger charge is -2.10. The largest absolute Gasteiger partial charge is 0.498 e. The van der Waals surface area contributed by atoms with Crippen LogP contribution in [-0.2, 0) is 9.47 Å². The van der Waals surface area contributed by atoms with E-state index in [9.17, 15) is 0 Å². The van der Waals surface area contributed by atoms with E-state index in [2.05, 4.69) is 19.7 Å². The molecule has 0 atom stereocenters. The van der Waals surface area contributed by atoms with Crippen molar-refractivity contribution in [1.82, 2.24) is 0 Å². The van der Waals surface area contributed by atoms with Gasteiger partial charge in [-0.05, 0) is 6.92 Å². The first-order valence-electron chi connectivity index (χ1n) is 4.49. The summed E-state index contributed by atoms with van der Waals surface area (Å²) < 4.78 is 10.4. The highest BCUT2D eigenvalue weighted by Crippen LogP contribution is 2.09. The number of aliphatic hydroxyl groups excluding tert-OH is 1. The summed E-state index contributed by atoms with van der Waals surface area (Å²) in [5, 5.41) is 8.59. The van der Waals surface area contributed by atoms with Crippen molar-refractivity contribution in [3.63, 3.8) is 0 Å². The number of allylic oxidation sites excluding steroid dienone is 1. The highest BCUT2D eigenvalue weighted by molar-refractivity contribution is 4.93. The highest BCUT2D eigenvalue weighted by atomic mass is 16.5. The second-order valence-electron chi connectivity index (χ2n) is 2.95. The Kier molecular flexibility index (Phi) is 6.58. The zero-order valence-corrected chi connectivity index (χ0v) is 8.71. The normalized spacial score (nSPS) is 9.29. The molecule has 0 rings (SSSR count). The van der Waals surface area contributed by atoms with Crippen LogP contribution < -0.4 is 0 Å². The summed E-state index contributed by atoms with van der Waals surface area (Å²) in [6.45, 7) is 13.2. The molecule has 3 heteroatoms. The van der Waals surface area contributed by atoms with Gasteiger partial charge in [0.2, 0.25) is 0 Å². The summed E-state index contributed by atoms with van der Waals surface area (Å²) in [5.41, 5.74) is 0. The van der Waals surface area contributed by atoms with Crippen LogP contribution in [0.4, 0.5) is 0 Å². The van der Waals surface area contributed by atoms with Crippen molar-refractivity contribution in [1.29, 1.82) is 0 Å². The van der Waals surface area contributed by atoms with E-state index < -0.39 is 0 Å². The molecule has 80 valence electrons. The fraction of sp³-hybridized carbons (Fsp3) is 0.455. The quantitative estimate of drug-likeness (QED) is 0.608. The summed E-state index contributed by atoms with van der Waals surface area (Å²) in [6.07, 6.45) is 1.03. The molecule has 3 nitrogen and oxygen atoms in total. The zero-order chi connectivity index (χ0) is 11.0. The summed E-state index contributed by atoms with van der Waals surface area (Å²) in [7, 11) is 0. The molecule has 0 unspecified atom stereocenters. The summed E-state index contributed by atoms with van der Waals surface area (Å²) >= 11 is 0. The first-order valence-corrected chi connectivity index (χ1v) is 4.49. The van der Waals surface area contributed by atoms with Gasteiger partial charge in [0.15, 0.2) is 0 Å². The maximum absolute atomic E-state index is 8.59. The van der Waals surface area contributed by atoms with Crippen molar-refractivity contribution in [2.45, 2.75) is 19.8 Å². The Labute approximate surface area is 85.3 Å². The second kappa shape index (κ2) is 7.21. The van der Waals surface area contributed by atoms with E-state index in [1.807, 2.05) is 0 Å². The molecule has 0 saturated heterocycles. The minimum atomic E-state index is 0.0361. The number of hydrogen-bond donors (Lipinski definition) is 1. The third kappa shape index (κ3) is 7.43. The lowest BCUT2D eigenvalue weighted by molar-refractivity contribution is 0.186. The van der Waals surface area contributed by atoms with Gasteiger partial charge in [0, 0.05) is 12.8 Å². The van der Waals surface area contributed by atoms with E-state index in [0.717, 1.165) is 0 Å². The molecule has 0 radical (unpaired) electrons. The maximum atomic E-state index is 8.59. The third-order valence-electron chi connectivity index (χ3n) is 1.41. The van der Waals surface area contributed by atoms with Crippen molar-refractivity contribution >= 4 is 0 Å². The third-order valence-corrected chi connectivity index (χ3v) is 1.41. The second-order valence-corrected chi connectivity index (χ2v) is 2.95. The van der Waals surface area contributed by atoms with Crippen LogP contribution in [-0.4, -0.2) is 18.3 Å². The molecule has 0 aliphatic heterocycles. The summed E-state index contributed by atoms with van der Waals surface area (Å²) in [4.78, 5) is 0. The van der Waals surface area contributed by atoms with Crippen LogP contribution in [0.25, 0.3) is 0 Å². The van der Waals surface area contributed by atoms with Gasteiger partial charge in [-0.2, -0.15) is 0 Å². The molecule has 0 spiro atoms. The Hall–Kier alpha value is -1.22. The zero-order valence-electron chi connectivity index (χ0n) is 8.71. The van der Waals surface area contributed by atoms with Crippen LogP contribution in [0.1, 0.15) is 19.8 Å².